The van der Waals surface area contributed by atoms with Crippen LogP contribution in [0.15, 0.2) is 0 Å². The molecule has 0 bridgehead atoms. The van der Waals surface area contributed by atoms with Gasteiger partial charge in [0.1, 0.15) is 6.04 Å². The van der Waals surface area contributed by atoms with Crippen molar-refractivity contribution in [3.8, 4) is 6.07 Å². The number of nitrogens with zero attached hydrogens (tertiary/aromatic N) is 1. The number of ether oxygens (including phenoxy) is 1. The standard InChI is InChI=1S/C9H14N2O2/c1-2-8(5-10)11-9(12)7-3-4-13-6-7/h7-8H,2-4,6H2,1H3,(H,11,12). The Bertz CT molecular complexity index is 216. The summed E-state index contributed by atoms with van der Waals surface area (Å²) in [6.45, 7) is 3.02. The normalized spacial score (nSPS) is 23.5. The molecule has 13 heavy (non-hydrogen) atoms. The van der Waals surface area contributed by atoms with E-state index in [1.165, 1.54) is 0 Å². The van der Waals surface area contributed by atoms with Gasteiger partial charge in [0.2, 0.25) is 5.91 Å². The molecule has 1 heterocycles. The van der Waals surface area contributed by atoms with Crippen molar-refractivity contribution in [2.45, 2.75) is 25.8 Å². The molecule has 0 aromatic carbocycles. The van der Waals surface area contributed by atoms with Crippen molar-refractivity contribution in [2.24, 2.45) is 5.92 Å². The van der Waals surface area contributed by atoms with Crippen molar-refractivity contribution in [1.82, 2.24) is 5.32 Å². The fourth-order valence-electron chi connectivity index (χ4n) is 1.26. The summed E-state index contributed by atoms with van der Waals surface area (Å²) < 4.78 is 5.08. The fraction of sp³-hybridized carbons (Fsp3) is 0.778. The average molecular weight is 182 g/mol. The molecule has 1 fully saturated rings. The molecule has 1 aliphatic rings. The molecule has 1 aliphatic heterocycles. The number of amides is 1. The Kier molecular flexibility index (Phi) is 3.71. The first-order valence-corrected chi connectivity index (χ1v) is 4.55. The first-order chi connectivity index (χ1) is 6.27. The van der Waals surface area contributed by atoms with Crippen LogP contribution in [-0.2, 0) is 9.53 Å². The van der Waals surface area contributed by atoms with Crippen LogP contribution < -0.4 is 5.32 Å². The molecular formula is C9H14N2O2. The summed E-state index contributed by atoms with van der Waals surface area (Å²) in [6.07, 6.45) is 1.42. The molecule has 0 saturated carbocycles. The summed E-state index contributed by atoms with van der Waals surface area (Å²) in [5.74, 6) is -0.103. The summed E-state index contributed by atoms with van der Waals surface area (Å²) in [4.78, 5) is 11.4. The zero-order valence-corrected chi connectivity index (χ0v) is 7.75. The van der Waals surface area contributed by atoms with E-state index in [2.05, 4.69) is 5.32 Å². The molecule has 1 amide bonds. The molecule has 4 heteroatoms. The largest absolute Gasteiger partial charge is 0.381 e. The lowest BCUT2D eigenvalue weighted by Gasteiger charge is -2.12. The van der Waals surface area contributed by atoms with Gasteiger partial charge in [0.25, 0.3) is 0 Å². The van der Waals surface area contributed by atoms with E-state index >= 15 is 0 Å². The highest BCUT2D eigenvalue weighted by Crippen LogP contribution is 2.12. The van der Waals surface area contributed by atoms with Crippen molar-refractivity contribution >= 4 is 5.91 Å². The SMILES string of the molecule is CCC(C#N)NC(=O)C1CCOC1. The molecule has 1 N–H and O–H groups in total. The van der Waals surface area contributed by atoms with E-state index in [1.807, 2.05) is 13.0 Å². The predicted molar refractivity (Wildman–Crippen MR) is 46.8 cm³/mol. The Morgan fingerprint density at radius 1 is 1.85 bits per heavy atom. The van der Waals surface area contributed by atoms with Crippen LogP contribution in [0.4, 0.5) is 0 Å². The third-order valence-corrected chi connectivity index (χ3v) is 2.18. The van der Waals surface area contributed by atoms with E-state index in [1.54, 1.807) is 0 Å². The maximum Gasteiger partial charge on any atom is 0.226 e. The monoisotopic (exact) mass is 182 g/mol. The van der Waals surface area contributed by atoms with Crippen molar-refractivity contribution in [1.29, 1.82) is 5.26 Å². The summed E-state index contributed by atoms with van der Waals surface area (Å²) in [5.41, 5.74) is 0. The second-order valence-corrected chi connectivity index (χ2v) is 3.16. The van der Waals surface area contributed by atoms with Gasteiger partial charge in [-0.1, -0.05) is 6.92 Å². The van der Waals surface area contributed by atoms with E-state index in [0.717, 1.165) is 6.42 Å². The van der Waals surface area contributed by atoms with Crippen molar-refractivity contribution in [2.75, 3.05) is 13.2 Å². The van der Waals surface area contributed by atoms with Crippen LogP contribution in [0.2, 0.25) is 0 Å². The first kappa shape index (κ1) is 10.0. The molecule has 0 aromatic rings. The molecule has 1 saturated heterocycles. The molecule has 4 nitrogen and oxygen atoms in total. The van der Waals surface area contributed by atoms with Gasteiger partial charge in [-0.15, -0.1) is 0 Å². The van der Waals surface area contributed by atoms with Crippen molar-refractivity contribution in [3.63, 3.8) is 0 Å². The second-order valence-electron chi connectivity index (χ2n) is 3.16. The zero-order valence-electron chi connectivity index (χ0n) is 7.75. The van der Waals surface area contributed by atoms with Crippen LogP contribution in [0, 0.1) is 17.2 Å². The van der Waals surface area contributed by atoms with Gasteiger partial charge in [0.05, 0.1) is 18.6 Å². The summed E-state index contributed by atoms with van der Waals surface area (Å²) in [7, 11) is 0. The van der Waals surface area contributed by atoms with Gasteiger partial charge in [0.15, 0.2) is 0 Å². The van der Waals surface area contributed by atoms with Gasteiger partial charge < -0.3 is 10.1 Å². The molecule has 1 rings (SSSR count). The number of carbonyl (C=O) groups is 1. The topological polar surface area (TPSA) is 62.1 Å². The molecular weight excluding hydrogens is 168 g/mol. The lowest BCUT2D eigenvalue weighted by Crippen LogP contribution is -2.37. The Balaban J connectivity index is 2.35. The minimum absolute atomic E-state index is 0.0501. The summed E-state index contributed by atoms with van der Waals surface area (Å²) in [6, 6.07) is 1.68. The van der Waals surface area contributed by atoms with Gasteiger partial charge >= 0.3 is 0 Å². The minimum Gasteiger partial charge on any atom is -0.381 e. The van der Waals surface area contributed by atoms with E-state index in [-0.39, 0.29) is 17.9 Å². The highest BCUT2D eigenvalue weighted by molar-refractivity contribution is 5.79. The lowest BCUT2D eigenvalue weighted by atomic mass is 10.1. The maximum absolute atomic E-state index is 11.4. The second kappa shape index (κ2) is 4.83. The molecule has 2 atom stereocenters. The average Bonchev–Trinajstić information content (AvgIpc) is 2.66. The number of nitrogens with one attached hydrogen (secondary N) is 1. The summed E-state index contributed by atoms with van der Waals surface area (Å²) >= 11 is 0. The van der Waals surface area contributed by atoms with Crippen LogP contribution in [0.5, 0.6) is 0 Å². The number of carbonyl (C=O) groups excluding carboxylic acids is 1. The van der Waals surface area contributed by atoms with E-state index in [0.29, 0.717) is 19.6 Å². The van der Waals surface area contributed by atoms with Crippen LogP contribution >= 0.6 is 0 Å². The van der Waals surface area contributed by atoms with Gasteiger partial charge in [-0.2, -0.15) is 5.26 Å². The summed E-state index contributed by atoms with van der Waals surface area (Å²) in [5, 5.41) is 11.3. The first-order valence-electron chi connectivity index (χ1n) is 4.55. The van der Waals surface area contributed by atoms with Crippen molar-refractivity contribution < 1.29 is 9.53 Å². The number of hydrogen-bond acceptors (Lipinski definition) is 3. The molecule has 0 aromatic heterocycles. The quantitative estimate of drug-likeness (QED) is 0.689. The Morgan fingerprint density at radius 2 is 2.62 bits per heavy atom. The number of rotatable bonds is 3. The van der Waals surface area contributed by atoms with E-state index in [9.17, 15) is 4.79 Å². The van der Waals surface area contributed by atoms with Crippen LogP contribution in [0.25, 0.3) is 0 Å². The van der Waals surface area contributed by atoms with Crippen molar-refractivity contribution in [3.05, 3.63) is 0 Å². The third-order valence-electron chi connectivity index (χ3n) is 2.18. The Labute approximate surface area is 77.9 Å². The molecule has 72 valence electrons. The maximum atomic E-state index is 11.4. The van der Waals surface area contributed by atoms with Crippen LogP contribution in [0.1, 0.15) is 19.8 Å². The van der Waals surface area contributed by atoms with E-state index in [4.69, 9.17) is 10.00 Å². The van der Waals surface area contributed by atoms with Gasteiger partial charge in [-0.3, -0.25) is 4.79 Å². The predicted octanol–water partition coefficient (Wildman–Crippen LogP) is 0.441. The fourth-order valence-corrected chi connectivity index (χ4v) is 1.26. The third kappa shape index (κ3) is 2.71. The minimum atomic E-state index is -0.354. The van der Waals surface area contributed by atoms with Gasteiger partial charge in [-0.25, -0.2) is 0 Å². The van der Waals surface area contributed by atoms with E-state index < -0.39 is 0 Å². The highest BCUT2D eigenvalue weighted by Gasteiger charge is 2.24. The molecule has 0 aliphatic carbocycles. The Hall–Kier alpha value is -1.08. The molecule has 0 spiro atoms. The van der Waals surface area contributed by atoms with Crippen LogP contribution in [-0.4, -0.2) is 25.2 Å². The zero-order chi connectivity index (χ0) is 9.68. The van der Waals surface area contributed by atoms with Gasteiger partial charge in [-0.05, 0) is 12.8 Å². The lowest BCUT2D eigenvalue weighted by molar-refractivity contribution is -0.125. The number of nitriles is 1. The van der Waals surface area contributed by atoms with Crippen LogP contribution in [0.3, 0.4) is 0 Å². The molecule has 2 unspecified atom stereocenters. The Morgan fingerprint density at radius 3 is 3.08 bits per heavy atom. The van der Waals surface area contributed by atoms with Gasteiger partial charge in [0, 0.05) is 6.61 Å². The number of hydrogen-bond donors (Lipinski definition) is 1. The highest BCUT2D eigenvalue weighted by atomic mass is 16.5. The smallest absolute Gasteiger partial charge is 0.226 e. The molecule has 0 radical (unpaired) electrons.